The lowest BCUT2D eigenvalue weighted by Gasteiger charge is -2.35. The molecular formula is C19H18N4O4. The van der Waals surface area contributed by atoms with Crippen LogP contribution in [0.1, 0.15) is 10.6 Å². The van der Waals surface area contributed by atoms with Gasteiger partial charge in [0.15, 0.2) is 11.2 Å². The number of piperazine rings is 1. The number of nitrogens with zero attached hydrogens (tertiary/aromatic N) is 4. The normalized spacial score (nSPS) is 14.6. The third-order valence-electron chi connectivity index (χ3n) is 4.73. The van der Waals surface area contributed by atoms with Crippen molar-refractivity contribution < 1.29 is 9.21 Å². The molecule has 0 atom stereocenters. The fourth-order valence-electron chi connectivity index (χ4n) is 3.17. The summed E-state index contributed by atoms with van der Waals surface area (Å²) in [5.41, 5.74) is 0.731. The molecule has 1 saturated heterocycles. The molecule has 0 N–H and O–H groups in total. The number of aromatic nitrogens is 2. The van der Waals surface area contributed by atoms with Crippen LogP contribution >= 0.6 is 0 Å². The molecule has 4 rings (SSSR count). The topological polar surface area (TPSA) is 88.7 Å². The molecule has 0 bridgehead atoms. The SMILES string of the molecule is Cn1ncc(N2CCN(C(=O)c3cc(=O)c4ccccc4o3)CC2)cc1=O. The lowest BCUT2D eigenvalue weighted by Crippen LogP contribution is -2.49. The predicted molar refractivity (Wildman–Crippen MR) is 100 cm³/mol. The summed E-state index contributed by atoms with van der Waals surface area (Å²) < 4.78 is 6.91. The minimum absolute atomic E-state index is 0.0439. The van der Waals surface area contributed by atoms with E-state index in [9.17, 15) is 14.4 Å². The Labute approximate surface area is 154 Å². The highest BCUT2D eigenvalue weighted by Gasteiger charge is 2.25. The first-order chi connectivity index (χ1) is 13.0. The van der Waals surface area contributed by atoms with Gasteiger partial charge in [0.2, 0.25) is 0 Å². The number of carbonyl (C=O) groups is 1. The molecule has 138 valence electrons. The standard InChI is InChI=1S/C19H18N4O4/c1-21-18(25)10-13(12-20-21)22-6-8-23(9-7-22)19(26)17-11-15(24)14-4-2-3-5-16(14)27-17/h2-5,10-12H,6-9H2,1H3. The van der Waals surface area contributed by atoms with Crippen LogP contribution in [0.3, 0.4) is 0 Å². The van der Waals surface area contributed by atoms with E-state index >= 15 is 0 Å². The number of aryl methyl sites for hydroxylation is 1. The fraction of sp³-hybridized carbons (Fsp3) is 0.263. The van der Waals surface area contributed by atoms with E-state index in [1.165, 1.54) is 16.8 Å². The van der Waals surface area contributed by atoms with Crippen molar-refractivity contribution in [1.82, 2.24) is 14.7 Å². The lowest BCUT2D eigenvalue weighted by molar-refractivity contribution is 0.0715. The number of para-hydroxylation sites is 1. The number of hydrogen-bond donors (Lipinski definition) is 0. The monoisotopic (exact) mass is 366 g/mol. The molecule has 0 unspecified atom stereocenters. The molecule has 1 fully saturated rings. The molecule has 1 aliphatic rings. The maximum atomic E-state index is 12.7. The summed E-state index contributed by atoms with van der Waals surface area (Å²) in [7, 11) is 1.60. The van der Waals surface area contributed by atoms with Gasteiger partial charge in [0, 0.05) is 45.4 Å². The average molecular weight is 366 g/mol. The van der Waals surface area contributed by atoms with E-state index in [4.69, 9.17) is 4.42 Å². The summed E-state index contributed by atoms with van der Waals surface area (Å²) in [5, 5.41) is 4.48. The van der Waals surface area contributed by atoms with Crippen molar-refractivity contribution in [2.75, 3.05) is 31.1 Å². The van der Waals surface area contributed by atoms with E-state index in [-0.39, 0.29) is 22.7 Å². The van der Waals surface area contributed by atoms with Gasteiger partial charge in [-0.15, -0.1) is 0 Å². The van der Waals surface area contributed by atoms with Gasteiger partial charge in [-0.3, -0.25) is 14.4 Å². The summed E-state index contributed by atoms with van der Waals surface area (Å²) in [4.78, 5) is 40.4. The van der Waals surface area contributed by atoms with Crippen LogP contribution in [0.2, 0.25) is 0 Å². The Bertz CT molecular complexity index is 1130. The number of fused-ring (bicyclic) bond motifs is 1. The Morgan fingerprint density at radius 2 is 1.81 bits per heavy atom. The van der Waals surface area contributed by atoms with Crippen LogP contribution in [0.25, 0.3) is 11.0 Å². The predicted octanol–water partition coefficient (Wildman–Crippen LogP) is 0.849. The van der Waals surface area contributed by atoms with E-state index < -0.39 is 0 Å². The largest absolute Gasteiger partial charge is 0.451 e. The van der Waals surface area contributed by atoms with Crippen molar-refractivity contribution in [3.63, 3.8) is 0 Å². The quantitative estimate of drug-likeness (QED) is 0.668. The van der Waals surface area contributed by atoms with Gasteiger partial charge < -0.3 is 14.2 Å². The zero-order valence-electron chi connectivity index (χ0n) is 14.8. The second-order valence-corrected chi connectivity index (χ2v) is 6.43. The highest BCUT2D eigenvalue weighted by atomic mass is 16.3. The number of carbonyl (C=O) groups excluding carboxylic acids is 1. The summed E-state index contributed by atoms with van der Waals surface area (Å²) in [6, 6.07) is 9.65. The Morgan fingerprint density at radius 1 is 1.07 bits per heavy atom. The summed E-state index contributed by atoms with van der Waals surface area (Å²) in [5.74, 6) is -0.262. The third kappa shape index (κ3) is 3.21. The van der Waals surface area contributed by atoms with Crippen LogP contribution in [-0.4, -0.2) is 46.8 Å². The molecule has 1 amide bonds. The Kier molecular flexibility index (Phi) is 4.23. The molecule has 1 aromatic carbocycles. The van der Waals surface area contributed by atoms with Crippen molar-refractivity contribution in [1.29, 1.82) is 0 Å². The zero-order chi connectivity index (χ0) is 19.0. The van der Waals surface area contributed by atoms with Gasteiger partial charge in [0.1, 0.15) is 5.58 Å². The second-order valence-electron chi connectivity index (χ2n) is 6.43. The molecule has 0 spiro atoms. The number of amides is 1. The smallest absolute Gasteiger partial charge is 0.289 e. The number of anilines is 1. The van der Waals surface area contributed by atoms with Gasteiger partial charge in [0.25, 0.3) is 11.5 Å². The Morgan fingerprint density at radius 3 is 2.56 bits per heavy atom. The van der Waals surface area contributed by atoms with Crippen LogP contribution in [0.5, 0.6) is 0 Å². The second kappa shape index (κ2) is 6.71. The van der Waals surface area contributed by atoms with Crippen molar-refractivity contribution in [2.45, 2.75) is 0 Å². The van der Waals surface area contributed by atoms with E-state index in [0.717, 1.165) is 5.69 Å². The van der Waals surface area contributed by atoms with Crippen LogP contribution in [0.15, 0.2) is 56.6 Å². The Balaban J connectivity index is 1.51. The molecule has 27 heavy (non-hydrogen) atoms. The first-order valence-electron chi connectivity index (χ1n) is 8.63. The lowest BCUT2D eigenvalue weighted by atomic mass is 10.2. The van der Waals surface area contributed by atoms with Gasteiger partial charge in [-0.1, -0.05) is 12.1 Å². The third-order valence-corrected chi connectivity index (χ3v) is 4.73. The average Bonchev–Trinajstić information content (AvgIpc) is 2.69. The molecule has 2 aromatic heterocycles. The number of benzene rings is 1. The molecule has 0 radical (unpaired) electrons. The van der Waals surface area contributed by atoms with Crippen molar-refractivity contribution in [2.24, 2.45) is 7.05 Å². The summed E-state index contributed by atoms with van der Waals surface area (Å²) in [6.45, 7) is 2.06. The van der Waals surface area contributed by atoms with Crippen LogP contribution in [0.4, 0.5) is 5.69 Å². The molecule has 3 aromatic rings. The van der Waals surface area contributed by atoms with E-state index in [2.05, 4.69) is 5.10 Å². The maximum Gasteiger partial charge on any atom is 0.289 e. The molecule has 3 heterocycles. The molecule has 8 nitrogen and oxygen atoms in total. The van der Waals surface area contributed by atoms with Crippen molar-refractivity contribution in [3.05, 3.63) is 68.9 Å². The fourth-order valence-corrected chi connectivity index (χ4v) is 3.17. The molecule has 0 aliphatic carbocycles. The summed E-state index contributed by atoms with van der Waals surface area (Å²) >= 11 is 0. The molecule has 8 heteroatoms. The molecule has 0 saturated carbocycles. The maximum absolute atomic E-state index is 12.7. The molecular weight excluding hydrogens is 348 g/mol. The minimum Gasteiger partial charge on any atom is -0.451 e. The number of rotatable bonds is 2. The van der Waals surface area contributed by atoms with Gasteiger partial charge >= 0.3 is 0 Å². The van der Waals surface area contributed by atoms with E-state index in [0.29, 0.717) is 37.1 Å². The Hall–Kier alpha value is -3.42. The minimum atomic E-state index is -0.306. The van der Waals surface area contributed by atoms with Crippen LogP contribution < -0.4 is 15.9 Å². The van der Waals surface area contributed by atoms with Crippen molar-refractivity contribution >= 4 is 22.6 Å². The molecule has 1 aliphatic heterocycles. The van der Waals surface area contributed by atoms with Gasteiger partial charge in [0.05, 0.1) is 17.3 Å². The van der Waals surface area contributed by atoms with Gasteiger partial charge in [-0.2, -0.15) is 5.10 Å². The first-order valence-corrected chi connectivity index (χ1v) is 8.63. The van der Waals surface area contributed by atoms with Crippen LogP contribution in [0, 0.1) is 0 Å². The van der Waals surface area contributed by atoms with E-state index in [1.807, 2.05) is 4.90 Å². The summed E-state index contributed by atoms with van der Waals surface area (Å²) in [6.07, 6.45) is 1.64. The highest BCUT2D eigenvalue weighted by molar-refractivity contribution is 5.93. The highest BCUT2D eigenvalue weighted by Crippen LogP contribution is 2.17. The first kappa shape index (κ1) is 17.0. The van der Waals surface area contributed by atoms with Gasteiger partial charge in [-0.05, 0) is 12.1 Å². The van der Waals surface area contributed by atoms with Crippen molar-refractivity contribution in [3.8, 4) is 0 Å². The van der Waals surface area contributed by atoms with Crippen LogP contribution in [-0.2, 0) is 7.05 Å². The number of hydrogen-bond acceptors (Lipinski definition) is 6. The van der Waals surface area contributed by atoms with Gasteiger partial charge in [-0.25, -0.2) is 4.68 Å². The van der Waals surface area contributed by atoms with E-state index in [1.54, 1.807) is 42.4 Å². The zero-order valence-corrected chi connectivity index (χ0v) is 14.8.